The Morgan fingerprint density at radius 1 is 1.45 bits per heavy atom. The zero-order valence-electron chi connectivity index (χ0n) is 13.1. The van der Waals surface area contributed by atoms with E-state index in [1.807, 2.05) is 13.1 Å². The molecule has 1 rings (SSSR count). The van der Waals surface area contributed by atoms with Crippen molar-refractivity contribution in [3.63, 3.8) is 0 Å². The van der Waals surface area contributed by atoms with Crippen LogP contribution < -0.4 is 10.2 Å². The molecule has 0 spiro atoms. The van der Waals surface area contributed by atoms with E-state index in [0.717, 1.165) is 31.1 Å². The molecule has 0 atom stereocenters. The Balaban J connectivity index is 3.07. The topological polar surface area (TPSA) is 37.4 Å². The number of anilines is 1. The van der Waals surface area contributed by atoms with Crippen LogP contribution in [0.1, 0.15) is 31.0 Å². The fourth-order valence-electron chi connectivity index (χ4n) is 2.01. The van der Waals surface area contributed by atoms with Gasteiger partial charge in [0.2, 0.25) is 0 Å². The molecule has 0 unspecified atom stereocenters. The summed E-state index contributed by atoms with van der Waals surface area (Å²) in [6.07, 6.45) is 1.90. The summed E-state index contributed by atoms with van der Waals surface area (Å²) in [4.78, 5) is 6.98. The van der Waals surface area contributed by atoms with Crippen molar-refractivity contribution in [1.29, 1.82) is 0 Å². The molecule has 1 N–H and O–H groups in total. The maximum atomic E-state index is 5.18. The van der Waals surface area contributed by atoms with E-state index >= 15 is 0 Å². The number of aromatic nitrogens is 1. The van der Waals surface area contributed by atoms with E-state index in [-0.39, 0.29) is 0 Å². The highest BCUT2D eigenvalue weighted by molar-refractivity contribution is 5.44. The highest BCUT2D eigenvalue weighted by Gasteiger charge is 2.11. The van der Waals surface area contributed by atoms with E-state index in [9.17, 15) is 0 Å². The molecule has 0 aliphatic rings. The molecule has 0 aromatic carbocycles. The summed E-state index contributed by atoms with van der Waals surface area (Å²) in [6.45, 7) is 11.3. The summed E-state index contributed by atoms with van der Waals surface area (Å²) < 4.78 is 5.18. The molecular weight excluding hydrogens is 250 g/mol. The van der Waals surface area contributed by atoms with E-state index in [2.05, 4.69) is 42.8 Å². The lowest BCUT2D eigenvalue weighted by Gasteiger charge is -2.23. The van der Waals surface area contributed by atoms with E-state index in [0.29, 0.717) is 12.5 Å². The SMILES string of the molecule is C=CCN(CCOC)c1cc(CNC)cc(C(C)C)n1. The maximum Gasteiger partial charge on any atom is 0.129 e. The Hall–Kier alpha value is -1.39. The lowest BCUT2D eigenvalue weighted by molar-refractivity contribution is 0.205. The molecular formula is C16H27N3O. The Kier molecular flexibility index (Phi) is 7.26. The number of nitrogens with one attached hydrogen (secondary N) is 1. The standard InChI is InChI=1S/C16H27N3O/c1-6-7-19(8-9-20-5)16-11-14(12-17-4)10-15(18-16)13(2)3/h6,10-11,13,17H,1,7-9,12H2,2-5H3. The van der Waals surface area contributed by atoms with Crippen molar-refractivity contribution >= 4 is 5.82 Å². The van der Waals surface area contributed by atoms with Gasteiger partial charge >= 0.3 is 0 Å². The molecule has 0 aliphatic carbocycles. The van der Waals surface area contributed by atoms with Crippen LogP contribution in [0.3, 0.4) is 0 Å². The number of hydrogen-bond donors (Lipinski definition) is 1. The van der Waals surface area contributed by atoms with Crippen molar-refractivity contribution in [2.24, 2.45) is 0 Å². The molecule has 0 amide bonds. The van der Waals surface area contributed by atoms with Crippen molar-refractivity contribution in [3.8, 4) is 0 Å². The summed E-state index contributed by atoms with van der Waals surface area (Å²) in [7, 11) is 3.68. The Bertz CT molecular complexity index is 418. The molecule has 1 aromatic rings. The predicted molar refractivity (Wildman–Crippen MR) is 85.4 cm³/mol. The van der Waals surface area contributed by atoms with E-state index < -0.39 is 0 Å². The molecule has 20 heavy (non-hydrogen) atoms. The van der Waals surface area contributed by atoms with Crippen molar-refractivity contribution in [3.05, 3.63) is 36.0 Å². The Morgan fingerprint density at radius 3 is 2.75 bits per heavy atom. The summed E-state index contributed by atoms with van der Waals surface area (Å²) >= 11 is 0. The minimum Gasteiger partial charge on any atom is -0.383 e. The van der Waals surface area contributed by atoms with Crippen LogP contribution in [-0.4, -0.2) is 38.8 Å². The minimum atomic E-state index is 0.415. The van der Waals surface area contributed by atoms with E-state index in [1.54, 1.807) is 7.11 Å². The highest BCUT2D eigenvalue weighted by atomic mass is 16.5. The van der Waals surface area contributed by atoms with Gasteiger partial charge in [-0.2, -0.15) is 0 Å². The van der Waals surface area contributed by atoms with Gasteiger partial charge in [-0.25, -0.2) is 4.98 Å². The first-order valence-corrected chi connectivity index (χ1v) is 7.12. The third kappa shape index (κ3) is 4.94. The van der Waals surface area contributed by atoms with Gasteiger partial charge in [-0.15, -0.1) is 6.58 Å². The normalized spacial score (nSPS) is 10.8. The second-order valence-corrected chi connectivity index (χ2v) is 5.17. The second kappa shape index (κ2) is 8.72. The van der Waals surface area contributed by atoms with Crippen molar-refractivity contribution in [1.82, 2.24) is 10.3 Å². The molecule has 112 valence electrons. The first kappa shape index (κ1) is 16.7. The van der Waals surface area contributed by atoms with Crippen LogP contribution in [0.15, 0.2) is 24.8 Å². The van der Waals surface area contributed by atoms with Gasteiger partial charge in [0, 0.05) is 32.4 Å². The predicted octanol–water partition coefficient (Wildman–Crippen LogP) is 2.56. The zero-order chi connectivity index (χ0) is 15.0. The average Bonchev–Trinajstić information content (AvgIpc) is 2.43. The monoisotopic (exact) mass is 277 g/mol. The van der Waals surface area contributed by atoms with Crippen LogP contribution in [0, 0.1) is 0 Å². The van der Waals surface area contributed by atoms with Gasteiger partial charge in [-0.1, -0.05) is 19.9 Å². The molecule has 1 heterocycles. The maximum absolute atomic E-state index is 5.18. The fourth-order valence-corrected chi connectivity index (χ4v) is 2.01. The number of pyridine rings is 1. The molecule has 4 nitrogen and oxygen atoms in total. The molecule has 0 saturated carbocycles. The van der Waals surface area contributed by atoms with Gasteiger partial charge in [0.05, 0.1) is 6.61 Å². The van der Waals surface area contributed by atoms with Crippen LogP contribution in [0.5, 0.6) is 0 Å². The second-order valence-electron chi connectivity index (χ2n) is 5.17. The zero-order valence-corrected chi connectivity index (χ0v) is 13.1. The molecule has 1 aromatic heterocycles. The van der Waals surface area contributed by atoms with Crippen molar-refractivity contribution in [2.75, 3.05) is 38.8 Å². The largest absolute Gasteiger partial charge is 0.383 e. The van der Waals surface area contributed by atoms with Crippen LogP contribution >= 0.6 is 0 Å². The quantitative estimate of drug-likeness (QED) is 0.704. The average molecular weight is 277 g/mol. The van der Waals surface area contributed by atoms with Crippen LogP contribution in [-0.2, 0) is 11.3 Å². The van der Waals surface area contributed by atoms with Gasteiger partial charge < -0.3 is 15.0 Å². The molecule has 0 bridgehead atoms. The van der Waals surface area contributed by atoms with E-state index in [1.165, 1.54) is 5.56 Å². The van der Waals surface area contributed by atoms with E-state index in [4.69, 9.17) is 9.72 Å². The smallest absolute Gasteiger partial charge is 0.129 e. The minimum absolute atomic E-state index is 0.415. The molecule has 0 aliphatic heterocycles. The lowest BCUT2D eigenvalue weighted by atomic mass is 10.1. The van der Waals surface area contributed by atoms with Crippen molar-refractivity contribution < 1.29 is 4.74 Å². The van der Waals surface area contributed by atoms with Gasteiger partial charge in [-0.05, 0) is 30.7 Å². The highest BCUT2D eigenvalue weighted by Crippen LogP contribution is 2.20. The molecule has 4 heteroatoms. The van der Waals surface area contributed by atoms with Crippen LogP contribution in [0.2, 0.25) is 0 Å². The number of methoxy groups -OCH3 is 1. The first-order chi connectivity index (χ1) is 9.62. The fraction of sp³-hybridized carbons (Fsp3) is 0.562. The molecule has 0 fully saturated rings. The Morgan fingerprint density at radius 2 is 2.20 bits per heavy atom. The number of nitrogens with zero attached hydrogens (tertiary/aromatic N) is 2. The summed E-state index contributed by atoms with van der Waals surface area (Å²) in [5.74, 6) is 1.41. The van der Waals surface area contributed by atoms with Crippen LogP contribution in [0.4, 0.5) is 5.82 Å². The number of rotatable bonds is 9. The van der Waals surface area contributed by atoms with Gasteiger partial charge in [0.15, 0.2) is 0 Å². The molecule has 0 saturated heterocycles. The van der Waals surface area contributed by atoms with Crippen LogP contribution in [0.25, 0.3) is 0 Å². The van der Waals surface area contributed by atoms with Gasteiger partial charge in [-0.3, -0.25) is 0 Å². The van der Waals surface area contributed by atoms with Gasteiger partial charge in [0.25, 0.3) is 0 Å². The Labute approximate surface area is 122 Å². The third-order valence-electron chi connectivity index (χ3n) is 3.10. The molecule has 0 radical (unpaired) electrons. The van der Waals surface area contributed by atoms with Gasteiger partial charge in [0.1, 0.15) is 5.82 Å². The summed E-state index contributed by atoms with van der Waals surface area (Å²) in [5.41, 5.74) is 2.38. The number of ether oxygens (including phenoxy) is 1. The van der Waals surface area contributed by atoms with Crippen molar-refractivity contribution in [2.45, 2.75) is 26.3 Å². The summed E-state index contributed by atoms with van der Waals surface area (Å²) in [6, 6.07) is 4.31. The number of hydrogen-bond acceptors (Lipinski definition) is 4. The lowest BCUT2D eigenvalue weighted by Crippen LogP contribution is -2.28. The summed E-state index contributed by atoms with van der Waals surface area (Å²) in [5, 5.41) is 3.20. The third-order valence-corrected chi connectivity index (χ3v) is 3.10. The first-order valence-electron chi connectivity index (χ1n) is 7.12.